The Morgan fingerprint density at radius 2 is 1.87 bits per heavy atom. The second kappa shape index (κ2) is 7.06. The van der Waals surface area contributed by atoms with Gasteiger partial charge in [0.05, 0.1) is 0 Å². The third kappa shape index (κ3) is 3.46. The Kier molecular flexibility index (Phi) is 5.08. The molecule has 1 saturated heterocycles. The van der Waals surface area contributed by atoms with Crippen LogP contribution in [0, 0.1) is 11.8 Å². The molecule has 3 nitrogen and oxygen atoms in total. The van der Waals surface area contributed by atoms with E-state index in [0.29, 0.717) is 11.8 Å². The Morgan fingerprint density at radius 1 is 1.17 bits per heavy atom. The maximum absolute atomic E-state index is 6.23. The molecular formula is C20H31N3. The first-order valence-corrected chi connectivity index (χ1v) is 9.06. The van der Waals surface area contributed by atoms with Crippen molar-refractivity contribution in [2.45, 2.75) is 32.6 Å². The highest BCUT2D eigenvalue weighted by atomic mass is 15.1. The zero-order valence-electron chi connectivity index (χ0n) is 14.8. The maximum atomic E-state index is 6.23. The Balaban J connectivity index is 1.78. The van der Waals surface area contributed by atoms with Crippen molar-refractivity contribution >= 4 is 10.9 Å². The van der Waals surface area contributed by atoms with Gasteiger partial charge in [-0.15, -0.1) is 0 Å². The minimum Gasteiger partial charge on any atom is -0.350 e. The van der Waals surface area contributed by atoms with Gasteiger partial charge in [-0.05, 0) is 55.9 Å². The van der Waals surface area contributed by atoms with Gasteiger partial charge in [-0.3, -0.25) is 0 Å². The van der Waals surface area contributed by atoms with E-state index in [0.717, 1.165) is 12.5 Å². The lowest BCUT2D eigenvalue weighted by atomic mass is 9.80. The van der Waals surface area contributed by atoms with E-state index < -0.39 is 0 Å². The molecule has 23 heavy (non-hydrogen) atoms. The van der Waals surface area contributed by atoms with Crippen LogP contribution in [0.3, 0.4) is 0 Å². The van der Waals surface area contributed by atoms with Gasteiger partial charge in [0.1, 0.15) is 0 Å². The highest BCUT2D eigenvalue weighted by Gasteiger charge is 2.28. The monoisotopic (exact) mass is 313 g/mol. The summed E-state index contributed by atoms with van der Waals surface area (Å²) in [6.45, 7) is 9.06. The first kappa shape index (κ1) is 16.5. The molecule has 0 bridgehead atoms. The van der Waals surface area contributed by atoms with Crippen molar-refractivity contribution in [2.24, 2.45) is 24.6 Å². The van der Waals surface area contributed by atoms with Crippen molar-refractivity contribution in [1.29, 1.82) is 0 Å². The third-order valence-electron chi connectivity index (χ3n) is 5.41. The van der Waals surface area contributed by atoms with Crippen LogP contribution >= 0.6 is 0 Å². The Hall–Kier alpha value is -1.32. The van der Waals surface area contributed by atoms with Crippen LogP contribution in [0.2, 0.25) is 0 Å². The van der Waals surface area contributed by atoms with E-state index in [1.54, 1.807) is 0 Å². The molecule has 0 spiro atoms. The van der Waals surface area contributed by atoms with E-state index in [4.69, 9.17) is 5.73 Å². The largest absolute Gasteiger partial charge is 0.350 e. The van der Waals surface area contributed by atoms with Crippen LogP contribution in [0.1, 0.15) is 38.2 Å². The van der Waals surface area contributed by atoms with Crippen LogP contribution in [0.25, 0.3) is 10.9 Å². The fraction of sp³-hybridized carbons (Fsp3) is 0.600. The van der Waals surface area contributed by atoms with Crippen molar-refractivity contribution < 1.29 is 0 Å². The molecule has 1 atom stereocenters. The molecule has 3 heteroatoms. The van der Waals surface area contributed by atoms with Gasteiger partial charge < -0.3 is 15.2 Å². The van der Waals surface area contributed by atoms with Crippen molar-refractivity contribution in [3.8, 4) is 0 Å². The van der Waals surface area contributed by atoms with Gasteiger partial charge in [0, 0.05) is 36.6 Å². The molecule has 0 saturated carbocycles. The van der Waals surface area contributed by atoms with E-state index in [2.05, 4.69) is 60.8 Å². The lowest BCUT2D eigenvalue weighted by Crippen LogP contribution is -2.38. The van der Waals surface area contributed by atoms with Crippen LogP contribution < -0.4 is 5.73 Å². The number of hydrogen-bond acceptors (Lipinski definition) is 2. The third-order valence-corrected chi connectivity index (χ3v) is 5.41. The molecule has 0 amide bonds. The predicted molar refractivity (Wildman–Crippen MR) is 98.7 cm³/mol. The van der Waals surface area contributed by atoms with Gasteiger partial charge in [-0.2, -0.15) is 0 Å². The average Bonchev–Trinajstić information content (AvgIpc) is 2.87. The summed E-state index contributed by atoms with van der Waals surface area (Å²) in [6, 6.07) is 8.72. The summed E-state index contributed by atoms with van der Waals surface area (Å²) < 4.78 is 2.25. The molecule has 1 aliphatic heterocycles. The molecule has 0 aliphatic carbocycles. The fourth-order valence-corrected chi connectivity index (χ4v) is 4.30. The first-order chi connectivity index (χ1) is 11.1. The number of likely N-dealkylation sites (tertiary alicyclic amines) is 1. The van der Waals surface area contributed by atoms with Crippen LogP contribution in [-0.4, -0.2) is 35.6 Å². The van der Waals surface area contributed by atoms with Crippen LogP contribution in [0.4, 0.5) is 0 Å². The Morgan fingerprint density at radius 3 is 2.52 bits per heavy atom. The number of hydrogen-bond donors (Lipinski definition) is 1. The topological polar surface area (TPSA) is 34.2 Å². The van der Waals surface area contributed by atoms with Crippen molar-refractivity contribution in [3.05, 3.63) is 36.0 Å². The summed E-state index contributed by atoms with van der Waals surface area (Å²) in [7, 11) is 2.14. The number of para-hydroxylation sites is 1. The fourth-order valence-electron chi connectivity index (χ4n) is 4.30. The van der Waals surface area contributed by atoms with Crippen molar-refractivity contribution in [2.75, 3.05) is 26.2 Å². The van der Waals surface area contributed by atoms with E-state index >= 15 is 0 Å². The minimum absolute atomic E-state index is 0.488. The molecule has 2 heterocycles. The molecule has 1 aliphatic rings. The molecule has 2 aromatic rings. The van der Waals surface area contributed by atoms with E-state index in [1.165, 1.54) is 48.9 Å². The number of rotatable bonds is 5. The van der Waals surface area contributed by atoms with E-state index in [9.17, 15) is 0 Å². The van der Waals surface area contributed by atoms with Crippen LogP contribution in [0.5, 0.6) is 0 Å². The van der Waals surface area contributed by atoms with Gasteiger partial charge in [-0.25, -0.2) is 0 Å². The summed E-state index contributed by atoms with van der Waals surface area (Å²) in [5.74, 6) is 1.96. The van der Waals surface area contributed by atoms with Gasteiger partial charge in [0.25, 0.3) is 0 Å². The number of fused-ring (bicyclic) bond motifs is 1. The van der Waals surface area contributed by atoms with E-state index in [1.807, 2.05) is 0 Å². The van der Waals surface area contributed by atoms with Crippen molar-refractivity contribution in [1.82, 2.24) is 9.47 Å². The van der Waals surface area contributed by atoms with E-state index in [-0.39, 0.29) is 0 Å². The van der Waals surface area contributed by atoms with Gasteiger partial charge in [0.2, 0.25) is 0 Å². The Labute approximate surface area is 140 Å². The van der Waals surface area contributed by atoms with Gasteiger partial charge in [-0.1, -0.05) is 32.0 Å². The number of piperidine rings is 1. The second-order valence-electron chi connectivity index (χ2n) is 7.59. The lowest BCUT2D eigenvalue weighted by Gasteiger charge is -2.36. The first-order valence-electron chi connectivity index (χ1n) is 9.06. The molecule has 3 rings (SSSR count). The lowest BCUT2D eigenvalue weighted by molar-refractivity contribution is 0.155. The smallest absolute Gasteiger partial charge is 0.0480 e. The number of nitrogens with two attached hydrogens (primary N) is 1. The van der Waals surface area contributed by atoms with Crippen molar-refractivity contribution in [3.63, 3.8) is 0 Å². The number of aromatic nitrogens is 1. The highest BCUT2D eigenvalue weighted by molar-refractivity contribution is 5.84. The number of nitrogens with zero attached hydrogens (tertiary/aromatic N) is 2. The second-order valence-corrected chi connectivity index (χ2v) is 7.59. The zero-order valence-corrected chi connectivity index (χ0v) is 14.8. The molecular weight excluding hydrogens is 282 g/mol. The molecule has 2 N–H and O–H groups in total. The molecule has 0 radical (unpaired) electrons. The standard InChI is InChI=1S/C20H31N3/c1-15(2)13-23-10-8-16(9-11-23)18(12-21)19-14-22(3)20-7-5-4-6-17(19)20/h4-7,14-16,18H,8-13,21H2,1-3H3. The minimum atomic E-state index is 0.488. The molecule has 1 aromatic heterocycles. The Bertz CT molecular complexity index is 635. The van der Waals surface area contributed by atoms with Gasteiger partial charge in [0.15, 0.2) is 0 Å². The zero-order chi connectivity index (χ0) is 16.4. The number of aryl methyl sites for hydroxylation is 1. The SMILES string of the molecule is CC(C)CN1CCC(C(CN)c2cn(C)c3ccccc23)CC1. The summed E-state index contributed by atoms with van der Waals surface area (Å²) in [5, 5.41) is 1.38. The maximum Gasteiger partial charge on any atom is 0.0480 e. The molecule has 1 aromatic carbocycles. The van der Waals surface area contributed by atoms with Crippen LogP contribution in [-0.2, 0) is 7.05 Å². The predicted octanol–water partition coefficient (Wildman–Crippen LogP) is 3.59. The molecule has 1 unspecified atom stereocenters. The van der Waals surface area contributed by atoms with Gasteiger partial charge >= 0.3 is 0 Å². The average molecular weight is 313 g/mol. The summed E-state index contributed by atoms with van der Waals surface area (Å²) in [6.07, 6.45) is 4.86. The summed E-state index contributed by atoms with van der Waals surface area (Å²) in [4.78, 5) is 2.62. The highest BCUT2D eigenvalue weighted by Crippen LogP contribution is 2.36. The molecule has 1 fully saturated rings. The van der Waals surface area contributed by atoms with Crippen LogP contribution in [0.15, 0.2) is 30.5 Å². The summed E-state index contributed by atoms with van der Waals surface area (Å²) in [5.41, 5.74) is 9.00. The quantitative estimate of drug-likeness (QED) is 0.915. The normalized spacial score (nSPS) is 18.8. The molecule has 126 valence electrons. The number of benzene rings is 1. The summed E-state index contributed by atoms with van der Waals surface area (Å²) >= 11 is 0.